The Morgan fingerprint density at radius 2 is 2.14 bits per heavy atom. The minimum absolute atomic E-state index is 0.0659. The predicted molar refractivity (Wildman–Crippen MR) is 78.1 cm³/mol. The fourth-order valence-electron chi connectivity index (χ4n) is 2.07. The van der Waals surface area contributed by atoms with Crippen LogP contribution in [0.3, 0.4) is 0 Å². The van der Waals surface area contributed by atoms with E-state index < -0.39 is 22.7 Å². The highest BCUT2D eigenvalue weighted by Gasteiger charge is 2.24. The number of anilines is 1. The summed E-state index contributed by atoms with van der Waals surface area (Å²) in [5, 5.41) is 17.1. The molecule has 1 aromatic carbocycles. The Balaban J connectivity index is 2.22. The van der Waals surface area contributed by atoms with Crippen LogP contribution in [0.1, 0.15) is 24.2 Å². The SMILES string of the molecule is Cc1ccc(F)c(NC(=O)C(C)n2ncc([N+](=O)[O-])c2C)c1. The van der Waals surface area contributed by atoms with Crippen LogP contribution in [0.4, 0.5) is 15.8 Å². The maximum atomic E-state index is 13.7. The smallest absolute Gasteiger partial charge is 0.309 e. The third kappa shape index (κ3) is 2.95. The highest BCUT2D eigenvalue weighted by Crippen LogP contribution is 2.22. The van der Waals surface area contributed by atoms with Crippen molar-refractivity contribution in [3.8, 4) is 0 Å². The molecule has 0 saturated carbocycles. The summed E-state index contributed by atoms with van der Waals surface area (Å²) in [6.45, 7) is 4.81. The molecule has 0 aliphatic rings. The first-order chi connectivity index (χ1) is 10.3. The Hall–Kier alpha value is -2.77. The number of hydrogen-bond acceptors (Lipinski definition) is 4. The Morgan fingerprint density at radius 3 is 2.73 bits per heavy atom. The van der Waals surface area contributed by atoms with Crippen molar-refractivity contribution < 1.29 is 14.1 Å². The van der Waals surface area contributed by atoms with E-state index in [2.05, 4.69) is 10.4 Å². The van der Waals surface area contributed by atoms with Crippen LogP contribution in [0.2, 0.25) is 0 Å². The van der Waals surface area contributed by atoms with Crippen LogP contribution in [0.25, 0.3) is 0 Å². The molecule has 1 amide bonds. The van der Waals surface area contributed by atoms with Gasteiger partial charge in [0.2, 0.25) is 5.91 Å². The van der Waals surface area contributed by atoms with E-state index in [1.807, 2.05) is 0 Å². The number of benzene rings is 1. The molecule has 0 bridgehead atoms. The fraction of sp³-hybridized carbons (Fsp3) is 0.286. The lowest BCUT2D eigenvalue weighted by atomic mass is 10.2. The van der Waals surface area contributed by atoms with E-state index in [4.69, 9.17) is 0 Å². The molecule has 0 spiro atoms. The number of hydrogen-bond donors (Lipinski definition) is 1. The summed E-state index contributed by atoms with van der Waals surface area (Å²) in [5.74, 6) is -1.06. The van der Waals surface area contributed by atoms with Gasteiger partial charge in [0.15, 0.2) is 0 Å². The average Bonchev–Trinajstić information content (AvgIpc) is 2.83. The topological polar surface area (TPSA) is 90.1 Å². The van der Waals surface area contributed by atoms with Gasteiger partial charge in [-0.05, 0) is 38.5 Å². The number of halogens is 1. The van der Waals surface area contributed by atoms with Crippen molar-refractivity contribution in [2.45, 2.75) is 26.8 Å². The first kappa shape index (κ1) is 15.6. The van der Waals surface area contributed by atoms with Gasteiger partial charge in [-0.25, -0.2) is 4.39 Å². The molecule has 22 heavy (non-hydrogen) atoms. The third-order valence-corrected chi connectivity index (χ3v) is 3.34. The molecule has 1 atom stereocenters. The Labute approximate surface area is 125 Å². The van der Waals surface area contributed by atoms with Gasteiger partial charge >= 0.3 is 5.69 Å². The van der Waals surface area contributed by atoms with Gasteiger partial charge in [0, 0.05) is 0 Å². The van der Waals surface area contributed by atoms with E-state index in [9.17, 15) is 19.3 Å². The summed E-state index contributed by atoms with van der Waals surface area (Å²) >= 11 is 0. The monoisotopic (exact) mass is 306 g/mol. The molecule has 2 rings (SSSR count). The molecule has 116 valence electrons. The summed E-state index contributed by atoms with van der Waals surface area (Å²) in [6.07, 6.45) is 1.09. The molecule has 0 aliphatic heterocycles. The summed E-state index contributed by atoms with van der Waals surface area (Å²) in [7, 11) is 0. The Kier molecular flexibility index (Phi) is 4.20. The highest BCUT2D eigenvalue weighted by atomic mass is 19.1. The van der Waals surface area contributed by atoms with Crippen LogP contribution in [-0.2, 0) is 4.79 Å². The first-order valence-electron chi connectivity index (χ1n) is 6.56. The second-order valence-corrected chi connectivity index (χ2v) is 4.97. The third-order valence-electron chi connectivity index (χ3n) is 3.34. The van der Waals surface area contributed by atoms with E-state index in [0.29, 0.717) is 0 Å². The lowest BCUT2D eigenvalue weighted by molar-refractivity contribution is -0.385. The largest absolute Gasteiger partial charge is 0.322 e. The molecule has 0 fully saturated rings. The molecule has 8 heteroatoms. The molecule has 0 saturated heterocycles. The summed E-state index contributed by atoms with van der Waals surface area (Å²) in [5.41, 5.74) is 0.963. The van der Waals surface area contributed by atoms with E-state index in [1.54, 1.807) is 13.0 Å². The summed E-state index contributed by atoms with van der Waals surface area (Å²) in [4.78, 5) is 22.4. The van der Waals surface area contributed by atoms with Crippen molar-refractivity contribution >= 4 is 17.3 Å². The zero-order chi connectivity index (χ0) is 16.4. The lowest BCUT2D eigenvalue weighted by Gasteiger charge is -2.14. The normalized spacial score (nSPS) is 12.0. The van der Waals surface area contributed by atoms with Crippen LogP contribution >= 0.6 is 0 Å². The van der Waals surface area contributed by atoms with E-state index >= 15 is 0 Å². The molecular weight excluding hydrogens is 291 g/mol. The predicted octanol–water partition coefficient (Wildman–Crippen LogP) is 2.75. The number of nitrogens with one attached hydrogen (secondary N) is 1. The second-order valence-electron chi connectivity index (χ2n) is 4.97. The molecule has 2 aromatic rings. The molecule has 0 radical (unpaired) electrons. The first-order valence-corrected chi connectivity index (χ1v) is 6.56. The van der Waals surface area contributed by atoms with Crippen molar-refractivity contribution in [1.29, 1.82) is 0 Å². The van der Waals surface area contributed by atoms with Gasteiger partial charge in [-0.15, -0.1) is 0 Å². The maximum Gasteiger partial charge on any atom is 0.309 e. The minimum atomic E-state index is -0.811. The molecular formula is C14H15FN4O3. The zero-order valence-electron chi connectivity index (χ0n) is 12.3. The number of rotatable bonds is 4. The van der Waals surface area contributed by atoms with Crippen LogP contribution in [0, 0.1) is 29.8 Å². The van der Waals surface area contributed by atoms with Crippen LogP contribution in [-0.4, -0.2) is 20.6 Å². The molecule has 1 heterocycles. The van der Waals surface area contributed by atoms with Gasteiger partial charge in [0.05, 0.1) is 10.6 Å². The Bertz CT molecular complexity index is 742. The van der Waals surface area contributed by atoms with Crippen molar-refractivity contribution in [3.63, 3.8) is 0 Å². The molecule has 1 unspecified atom stereocenters. The number of nitrogens with zero attached hydrogens (tertiary/aromatic N) is 3. The molecule has 7 nitrogen and oxygen atoms in total. The lowest BCUT2D eigenvalue weighted by Crippen LogP contribution is -2.25. The number of aromatic nitrogens is 2. The number of aryl methyl sites for hydroxylation is 1. The summed E-state index contributed by atoms with van der Waals surface area (Å²) in [6, 6.07) is 3.56. The molecule has 1 aromatic heterocycles. The quantitative estimate of drug-likeness (QED) is 0.694. The van der Waals surface area contributed by atoms with E-state index in [0.717, 1.165) is 11.8 Å². The van der Waals surface area contributed by atoms with Crippen LogP contribution < -0.4 is 5.32 Å². The molecule has 0 aliphatic carbocycles. The standard InChI is InChI=1S/C14H15FN4O3/c1-8-4-5-11(15)12(6-8)17-14(20)10(3)18-9(2)13(7-16-18)19(21)22/h4-7,10H,1-3H3,(H,17,20). The van der Waals surface area contributed by atoms with Crippen molar-refractivity contribution in [2.75, 3.05) is 5.32 Å². The number of carbonyl (C=O) groups excluding carboxylic acids is 1. The van der Waals surface area contributed by atoms with Crippen LogP contribution in [0.5, 0.6) is 0 Å². The second kappa shape index (κ2) is 5.92. The van der Waals surface area contributed by atoms with Gasteiger partial charge in [-0.1, -0.05) is 6.07 Å². The van der Waals surface area contributed by atoms with Gasteiger partial charge in [0.1, 0.15) is 23.7 Å². The number of amides is 1. The van der Waals surface area contributed by atoms with Crippen molar-refractivity contribution in [2.24, 2.45) is 0 Å². The number of nitro groups is 1. The van der Waals surface area contributed by atoms with Crippen molar-refractivity contribution in [1.82, 2.24) is 9.78 Å². The van der Waals surface area contributed by atoms with E-state index in [1.165, 1.54) is 30.7 Å². The Morgan fingerprint density at radius 1 is 1.45 bits per heavy atom. The maximum absolute atomic E-state index is 13.7. The fourth-order valence-corrected chi connectivity index (χ4v) is 2.07. The number of carbonyl (C=O) groups is 1. The highest BCUT2D eigenvalue weighted by molar-refractivity contribution is 5.93. The average molecular weight is 306 g/mol. The van der Waals surface area contributed by atoms with Gasteiger partial charge in [-0.3, -0.25) is 19.6 Å². The molecule has 1 N–H and O–H groups in total. The van der Waals surface area contributed by atoms with Gasteiger partial charge < -0.3 is 5.32 Å². The van der Waals surface area contributed by atoms with Gasteiger partial charge in [0.25, 0.3) is 0 Å². The minimum Gasteiger partial charge on any atom is -0.322 e. The van der Waals surface area contributed by atoms with Gasteiger partial charge in [-0.2, -0.15) is 5.10 Å². The van der Waals surface area contributed by atoms with Crippen LogP contribution in [0.15, 0.2) is 24.4 Å². The van der Waals surface area contributed by atoms with E-state index in [-0.39, 0.29) is 17.1 Å². The zero-order valence-corrected chi connectivity index (χ0v) is 12.3. The van der Waals surface area contributed by atoms with Crippen molar-refractivity contribution in [3.05, 3.63) is 51.6 Å². The summed E-state index contributed by atoms with van der Waals surface area (Å²) < 4.78 is 14.9.